The molecule has 1 aromatic rings. The van der Waals surface area contributed by atoms with Crippen molar-refractivity contribution in [3.8, 4) is 0 Å². The van der Waals surface area contributed by atoms with E-state index in [2.05, 4.69) is 10.3 Å². The van der Waals surface area contributed by atoms with Crippen molar-refractivity contribution in [2.75, 3.05) is 0 Å². The summed E-state index contributed by atoms with van der Waals surface area (Å²) in [6, 6.07) is -0.366. The Bertz CT molecular complexity index is 266. The summed E-state index contributed by atoms with van der Waals surface area (Å²) in [4.78, 5) is 0. The molecule has 1 aromatic heterocycles. The Morgan fingerprint density at radius 2 is 2.33 bits per heavy atom. The molecule has 5 nitrogen and oxygen atoms in total. The Morgan fingerprint density at radius 1 is 1.75 bits per heavy atom. The third-order valence-electron chi connectivity index (χ3n) is 2.01. The fourth-order valence-electron chi connectivity index (χ4n) is 0.813. The van der Waals surface area contributed by atoms with E-state index < -0.39 is 5.60 Å². The van der Waals surface area contributed by atoms with Gasteiger partial charge in [0.15, 0.2) is 0 Å². The van der Waals surface area contributed by atoms with Crippen LogP contribution in [-0.4, -0.2) is 26.1 Å². The third kappa shape index (κ3) is 1.46. The van der Waals surface area contributed by atoms with E-state index in [9.17, 15) is 5.11 Å². The molecular formula is C7H14N4O. The second-order valence-electron chi connectivity index (χ2n) is 3.21. The molecule has 0 saturated carbocycles. The molecule has 0 aromatic carbocycles. The van der Waals surface area contributed by atoms with Crippen LogP contribution in [-0.2, 0) is 12.6 Å². The number of hydrogen-bond acceptors (Lipinski definition) is 4. The van der Waals surface area contributed by atoms with Gasteiger partial charge in [-0.2, -0.15) is 0 Å². The molecule has 12 heavy (non-hydrogen) atoms. The Morgan fingerprint density at radius 3 is 2.67 bits per heavy atom. The fraction of sp³-hybridized carbons (Fsp3) is 0.714. The van der Waals surface area contributed by atoms with Crippen LogP contribution in [0.2, 0.25) is 0 Å². The second kappa shape index (κ2) is 2.84. The van der Waals surface area contributed by atoms with Gasteiger partial charge in [0, 0.05) is 13.1 Å². The average Bonchev–Trinajstić information content (AvgIpc) is 2.35. The number of hydrogen-bond donors (Lipinski definition) is 2. The molecule has 68 valence electrons. The monoisotopic (exact) mass is 170 g/mol. The van der Waals surface area contributed by atoms with E-state index in [1.165, 1.54) is 4.68 Å². The summed E-state index contributed by atoms with van der Waals surface area (Å²) in [6.45, 7) is 3.36. The van der Waals surface area contributed by atoms with Gasteiger partial charge in [0.1, 0.15) is 11.3 Å². The van der Waals surface area contributed by atoms with Crippen molar-refractivity contribution in [3.63, 3.8) is 0 Å². The standard InChI is InChI=1S/C7H14N4O/c1-5(8)7(2,12)6-4-11(3)10-9-6/h4-5,12H,8H2,1-3H3. The largest absolute Gasteiger partial charge is 0.382 e. The summed E-state index contributed by atoms with van der Waals surface area (Å²) in [5.74, 6) is 0. The van der Waals surface area contributed by atoms with Gasteiger partial charge in [0.05, 0.1) is 6.20 Å². The van der Waals surface area contributed by atoms with Gasteiger partial charge in [-0.05, 0) is 13.8 Å². The Kier molecular flexibility index (Phi) is 2.16. The van der Waals surface area contributed by atoms with Gasteiger partial charge in [-0.15, -0.1) is 5.10 Å². The SMILES string of the molecule is CC(N)C(C)(O)c1cn(C)nn1. The maximum Gasteiger partial charge on any atom is 0.122 e. The maximum absolute atomic E-state index is 9.84. The smallest absolute Gasteiger partial charge is 0.122 e. The quantitative estimate of drug-likeness (QED) is 0.619. The molecule has 2 unspecified atom stereocenters. The van der Waals surface area contributed by atoms with Crippen molar-refractivity contribution in [1.82, 2.24) is 15.0 Å². The molecule has 0 aliphatic heterocycles. The molecule has 0 radical (unpaired) electrons. The summed E-state index contributed by atoms with van der Waals surface area (Å²) in [5, 5.41) is 17.3. The number of rotatable bonds is 2. The molecule has 0 aliphatic carbocycles. The highest BCUT2D eigenvalue weighted by atomic mass is 16.3. The number of aryl methyl sites for hydroxylation is 1. The van der Waals surface area contributed by atoms with Crippen molar-refractivity contribution in [3.05, 3.63) is 11.9 Å². The molecule has 2 atom stereocenters. The second-order valence-corrected chi connectivity index (χ2v) is 3.21. The first-order valence-electron chi connectivity index (χ1n) is 3.79. The normalized spacial score (nSPS) is 18.8. The summed E-state index contributed by atoms with van der Waals surface area (Å²) < 4.78 is 1.53. The molecule has 1 rings (SSSR count). The van der Waals surface area contributed by atoms with Gasteiger partial charge in [-0.25, -0.2) is 0 Å². The lowest BCUT2D eigenvalue weighted by atomic mass is 9.95. The average molecular weight is 170 g/mol. The van der Waals surface area contributed by atoms with Crippen molar-refractivity contribution >= 4 is 0 Å². The molecule has 3 N–H and O–H groups in total. The van der Waals surface area contributed by atoms with Crippen LogP contribution in [0, 0.1) is 0 Å². The molecule has 0 saturated heterocycles. The van der Waals surface area contributed by atoms with Gasteiger partial charge in [0.2, 0.25) is 0 Å². The zero-order chi connectivity index (χ0) is 9.35. The molecule has 0 fully saturated rings. The highest BCUT2D eigenvalue weighted by Gasteiger charge is 2.30. The van der Waals surface area contributed by atoms with Crippen LogP contribution >= 0.6 is 0 Å². The topological polar surface area (TPSA) is 77.0 Å². The van der Waals surface area contributed by atoms with Gasteiger partial charge in [0.25, 0.3) is 0 Å². The number of nitrogens with zero attached hydrogens (tertiary/aromatic N) is 3. The minimum atomic E-state index is -1.10. The van der Waals surface area contributed by atoms with E-state index in [4.69, 9.17) is 5.73 Å². The molecular weight excluding hydrogens is 156 g/mol. The highest BCUT2D eigenvalue weighted by molar-refractivity contribution is 5.07. The van der Waals surface area contributed by atoms with Crippen molar-refractivity contribution in [2.24, 2.45) is 12.8 Å². The Balaban J connectivity index is 2.97. The maximum atomic E-state index is 9.84. The molecule has 0 aliphatic rings. The zero-order valence-electron chi connectivity index (χ0n) is 7.52. The molecule has 1 heterocycles. The minimum absolute atomic E-state index is 0.366. The zero-order valence-corrected chi connectivity index (χ0v) is 7.52. The lowest BCUT2D eigenvalue weighted by Gasteiger charge is -2.24. The summed E-state index contributed by atoms with van der Waals surface area (Å²) in [7, 11) is 1.74. The van der Waals surface area contributed by atoms with E-state index in [0.29, 0.717) is 5.69 Å². The molecule has 0 bridgehead atoms. The van der Waals surface area contributed by atoms with Gasteiger partial charge in [-0.3, -0.25) is 4.68 Å². The third-order valence-corrected chi connectivity index (χ3v) is 2.01. The van der Waals surface area contributed by atoms with E-state index in [0.717, 1.165) is 0 Å². The van der Waals surface area contributed by atoms with E-state index in [-0.39, 0.29) is 6.04 Å². The van der Waals surface area contributed by atoms with Crippen molar-refractivity contribution in [2.45, 2.75) is 25.5 Å². The first-order chi connectivity index (χ1) is 5.44. The first-order valence-corrected chi connectivity index (χ1v) is 3.79. The molecule has 0 amide bonds. The van der Waals surface area contributed by atoms with Crippen molar-refractivity contribution in [1.29, 1.82) is 0 Å². The molecule has 5 heteroatoms. The van der Waals surface area contributed by atoms with E-state index in [1.54, 1.807) is 27.1 Å². The molecule has 0 spiro atoms. The lowest BCUT2D eigenvalue weighted by Crippen LogP contribution is -2.41. The van der Waals surface area contributed by atoms with Crippen LogP contribution in [0.1, 0.15) is 19.5 Å². The number of aromatic nitrogens is 3. The summed E-state index contributed by atoms with van der Waals surface area (Å²) in [5.41, 5.74) is 4.98. The van der Waals surface area contributed by atoms with Crippen LogP contribution in [0.5, 0.6) is 0 Å². The summed E-state index contributed by atoms with van der Waals surface area (Å²) in [6.07, 6.45) is 1.66. The van der Waals surface area contributed by atoms with Crippen LogP contribution in [0.4, 0.5) is 0 Å². The van der Waals surface area contributed by atoms with Gasteiger partial charge in [-0.1, -0.05) is 5.21 Å². The lowest BCUT2D eigenvalue weighted by molar-refractivity contribution is 0.0304. The van der Waals surface area contributed by atoms with Crippen LogP contribution < -0.4 is 5.73 Å². The first kappa shape index (κ1) is 9.15. The Hall–Kier alpha value is -0.940. The minimum Gasteiger partial charge on any atom is -0.382 e. The van der Waals surface area contributed by atoms with E-state index >= 15 is 0 Å². The fourth-order valence-corrected chi connectivity index (χ4v) is 0.813. The predicted octanol–water partition coefficient (Wildman–Crippen LogP) is -0.630. The Labute approximate surface area is 71.2 Å². The summed E-state index contributed by atoms with van der Waals surface area (Å²) >= 11 is 0. The van der Waals surface area contributed by atoms with Crippen molar-refractivity contribution < 1.29 is 5.11 Å². The van der Waals surface area contributed by atoms with Gasteiger partial charge >= 0.3 is 0 Å². The van der Waals surface area contributed by atoms with E-state index in [1.807, 2.05) is 0 Å². The highest BCUT2D eigenvalue weighted by Crippen LogP contribution is 2.19. The van der Waals surface area contributed by atoms with Crippen LogP contribution in [0.3, 0.4) is 0 Å². The predicted molar refractivity (Wildman–Crippen MR) is 44.2 cm³/mol. The number of nitrogens with two attached hydrogens (primary N) is 1. The van der Waals surface area contributed by atoms with Crippen LogP contribution in [0.15, 0.2) is 6.20 Å². The van der Waals surface area contributed by atoms with Crippen LogP contribution in [0.25, 0.3) is 0 Å². The number of aliphatic hydroxyl groups is 1. The van der Waals surface area contributed by atoms with Gasteiger partial charge < -0.3 is 10.8 Å².